The molecular formula is C4H7N3O3S. The first-order valence-corrected chi connectivity index (χ1v) is 4.06. The maximum atomic E-state index is 10.4. The van der Waals surface area contributed by atoms with Gasteiger partial charge < -0.3 is 9.98 Å². The molecule has 11 heavy (non-hydrogen) atoms. The van der Waals surface area contributed by atoms with Gasteiger partial charge >= 0.3 is 0 Å². The molecule has 1 rings (SSSR count). The third-order valence-electron chi connectivity index (χ3n) is 1.19. The number of hydrogen-bond acceptors (Lipinski definition) is 5. The predicted molar refractivity (Wildman–Crippen MR) is 39.2 cm³/mol. The highest BCUT2D eigenvalue weighted by atomic mass is 32.2. The van der Waals surface area contributed by atoms with Crippen molar-refractivity contribution in [3.8, 4) is 0 Å². The number of carbonyl (C=O) groups is 1. The summed E-state index contributed by atoms with van der Waals surface area (Å²) in [7, 11) is 0. The Labute approximate surface area is 65.3 Å². The van der Waals surface area contributed by atoms with E-state index in [2.05, 4.69) is 15.8 Å². The minimum absolute atomic E-state index is 0.250. The molecule has 7 heteroatoms. The predicted octanol–water partition coefficient (Wildman–Crippen LogP) is -1.76. The number of carbonyl (C=O) groups excluding carboxylic acids is 1. The second kappa shape index (κ2) is 3.07. The van der Waals surface area contributed by atoms with Gasteiger partial charge in [-0.25, -0.2) is 14.6 Å². The van der Waals surface area contributed by atoms with E-state index in [1.165, 1.54) is 6.34 Å². The average Bonchev–Trinajstić information content (AvgIpc) is 2.36. The fourth-order valence-corrected chi connectivity index (χ4v) is 1.28. The van der Waals surface area contributed by atoms with Crippen LogP contribution < -0.4 is 10.9 Å². The monoisotopic (exact) mass is 177 g/mol. The number of hydrogen-bond donors (Lipinski definition) is 3. The van der Waals surface area contributed by atoms with Crippen LogP contribution in [-0.2, 0) is 15.9 Å². The van der Waals surface area contributed by atoms with E-state index in [1.54, 1.807) is 0 Å². The summed E-state index contributed by atoms with van der Waals surface area (Å²) in [5, 5.41) is 0. The molecule has 0 fully saturated rings. The number of rotatable bonds is 3. The molecule has 6 nitrogen and oxygen atoms in total. The SMILES string of the molecule is O=CC1(CS(=O)O)N=CNN1. The Hall–Kier alpha value is -0.790. The van der Waals surface area contributed by atoms with Gasteiger partial charge in [-0.2, -0.15) is 0 Å². The Morgan fingerprint density at radius 1 is 1.82 bits per heavy atom. The third kappa shape index (κ3) is 1.82. The molecule has 0 radical (unpaired) electrons. The van der Waals surface area contributed by atoms with E-state index in [1.807, 2.05) is 0 Å². The fourth-order valence-electron chi connectivity index (χ4n) is 0.692. The lowest BCUT2D eigenvalue weighted by molar-refractivity contribution is -0.112. The molecule has 1 heterocycles. The molecule has 0 aliphatic carbocycles. The molecule has 2 atom stereocenters. The third-order valence-corrected chi connectivity index (χ3v) is 1.87. The Balaban J connectivity index is 2.68. The van der Waals surface area contributed by atoms with Crippen LogP contribution in [0.4, 0.5) is 0 Å². The Kier molecular flexibility index (Phi) is 2.32. The molecule has 0 aromatic carbocycles. The van der Waals surface area contributed by atoms with Gasteiger partial charge in [-0.15, -0.1) is 0 Å². The Bertz CT molecular complexity index is 219. The van der Waals surface area contributed by atoms with Crippen LogP contribution in [0, 0.1) is 0 Å². The van der Waals surface area contributed by atoms with E-state index in [0.29, 0.717) is 6.29 Å². The lowest BCUT2D eigenvalue weighted by atomic mass is 10.3. The summed E-state index contributed by atoms with van der Waals surface area (Å²) in [6, 6.07) is 0. The minimum atomic E-state index is -2.04. The van der Waals surface area contributed by atoms with Crippen molar-refractivity contribution in [2.75, 3.05) is 5.75 Å². The zero-order valence-electron chi connectivity index (χ0n) is 5.48. The standard InChI is InChI=1S/C4H7N3O3S/c8-1-4(2-11(9)10)5-3-6-7-4/h1,3,7H,2H2,(H,5,6)(H,9,10). The van der Waals surface area contributed by atoms with Gasteiger partial charge in [0.2, 0.25) is 0 Å². The quantitative estimate of drug-likeness (QED) is 0.351. The first kappa shape index (κ1) is 8.31. The van der Waals surface area contributed by atoms with Gasteiger partial charge in [-0.3, -0.25) is 4.79 Å². The Morgan fingerprint density at radius 3 is 2.91 bits per heavy atom. The summed E-state index contributed by atoms with van der Waals surface area (Å²) in [6.07, 6.45) is 1.75. The zero-order valence-corrected chi connectivity index (χ0v) is 6.30. The first-order chi connectivity index (χ1) is 5.18. The number of aldehydes is 1. The van der Waals surface area contributed by atoms with E-state index in [0.717, 1.165) is 0 Å². The average molecular weight is 177 g/mol. The lowest BCUT2D eigenvalue weighted by Crippen LogP contribution is -2.50. The van der Waals surface area contributed by atoms with E-state index in [4.69, 9.17) is 4.55 Å². The summed E-state index contributed by atoms with van der Waals surface area (Å²) in [4.78, 5) is 14.1. The number of nitrogens with zero attached hydrogens (tertiary/aromatic N) is 1. The summed E-state index contributed by atoms with van der Waals surface area (Å²) >= 11 is -2.04. The molecule has 1 aliphatic rings. The van der Waals surface area contributed by atoms with E-state index in [9.17, 15) is 9.00 Å². The molecule has 0 aromatic rings. The molecule has 0 amide bonds. The van der Waals surface area contributed by atoms with Crippen molar-refractivity contribution in [3.05, 3.63) is 0 Å². The van der Waals surface area contributed by atoms with Gasteiger partial charge in [0.05, 0.1) is 12.1 Å². The largest absolute Gasteiger partial charge is 0.310 e. The zero-order chi connectivity index (χ0) is 8.32. The summed E-state index contributed by atoms with van der Waals surface area (Å²) in [5.41, 5.74) is 3.64. The fraction of sp³-hybridized carbons (Fsp3) is 0.500. The number of aliphatic imine (C=N–C) groups is 1. The molecule has 0 saturated heterocycles. The normalized spacial score (nSPS) is 31.4. The molecular weight excluding hydrogens is 170 g/mol. The van der Waals surface area contributed by atoms with Crippen LogP contribution in [0.25, 0.3) is 0 Å². The highest BCUT2D eigenvalue weighted by molar-refractivity contribution is 7.79. The number of nitrogens with one attached hydrogen (secondary N) is 2. The van der Waals surface area contributed by atoms with Crippen molar-refractivity contribution in [1.82, 2.24) is 10.9 Å². The summed E-state index contributed by atoms with van der Waals surface area (Å²) in [6.45, 7) is 0. The molecule has 0 bridgehead atoms. The van der Waals surface area contributed by atoms with Crippen molar-refractivity contribution < 1.29 is 13.6 Å². The van der Waals surface area contributed by atoms with Crippen molar-refractivity contribution in [3.63, 3.8) is 0 Å². The van der Waals surface area contributed by atoms with Crippen LogP contribution in [0.5, 0.6) is 0 Å². The van der Waals surface area contributed by atoms with Gasteiger partial charge in [0.25, 0.3) is 0 Å². The van der Waals surface area contributed by atoms with Gasteiger partial charge in [-0.05, 0) is 0 Å². The van der Waals surface area contributed by atoms with Crippen LogP contribution >= 0.6 is 0 Å². The molecule has 3 N–H and O–H groups in total. The molecule has 0 saturated carbocycles. The van der Waals surface area contributed by atoms with Crippen LogP contribution in [0.2, 0.25) is 0 Å². The topological polar surface area (TPSA) is 90.8 Å². The van der Waals surface area contributed by atoms with E-state index >= 15 is 0 Å². The minimum Gasteiger partial charge on any atom is -0.310 e. The molecule has 1 aliphatic heterocycles. The smallest absolute Gasteiger partial charge is 0.198 e. The maximum absolute atomic E-state index is 10.4. The first-order valence-electron chi connectivity index (χ1n) is 2.79. The van der Waals surface area contributed by atoms with Crippen LogP contribution in [0.15, 0.2) is 4.99 Å². The van der Waals surface area contributed by atoms with Crippen molar-refractivity contribution in [2.24, 2.45) is 4.99 Å². The molecule has 2 unspecified atom stereocenters. The highest BCUT2D eigenvalue weighted by Gasteiger charge is 2.33. The molecule has 0 spiro atoms. The second-order valence-electron chi connectivity index (χ2n) is 2.04. The summed E-state index contributed by atoms with van der Waals surface area (Å²) in [5.74, 6) is -0.250. The van der Waals surface area contributed by atoms with Gasteiger partial charge in [0, 0.05) is 0 Å². The van der Waals surface area contributed by atoms with Crippen LogP contribution in [0.1, 0.15) is 0 Å². The molecule has 62 valence electrons. The van der Waals surface area contributed by atoms with Crippen molar-refractivity contribution in [1.29, 1.82) is 0 Å². The summed E-state index contributed by atoms with van der Waals surface area (Å²) < 4.78 is 18.8. The van der Waals surface area contributed by atoms with Crippen LogP contribution in [0.3, 0.4) is 0 Å². The van der Waals surface area contributed by atoms with Crippen molar-refractivity contribution in [2.45, 2.75) is 5.66 Å². The maximum Gasteiger partial charge on any atom is 0.198 e. The number of hydrazine groups is 1. The van der Waals surface area contributed by atoms with E-state index in [-0.39, 0.29) is 5.75 Å². The van der Waals surface area contributed by atoms with E-state index < -0.39 is 16.7 Å². The van der Waals surface area contributed by atoms with Crippen molar-refractivity contribution >= 4 is 23.7 Å². The highest BCUT2D eigenvalue weighted by Crippen LogP contribution is 2.05. The van der Waals surface area contributed by atoms with Gasteiger partial charge in [0.15, 0.2) is 23.0 Å². The molecule has 0 aromatic heterocycles. The van der Waals surface area contributed by atoms with Gasteiger partial charge in [-0.1, -0.05) is 0 Å². The Morgan fingerprint density at radius 2 is 2.55 bits per heavy atom. The lowest BCUT2D eigenvalue weighted by Gasteiger charge is -2.15. The second-order valence-corrected chi connectivity index (χ2v) is 2.97. The van der Waals surface area contributed by atoms with Gasteiger partial charge in [0.1, 0.15) is 0 Å². The van der Waals surface area contributed by atoms with Crippen LogP contribution in [-0.4, -0.2) is 32.8 Å².